The number of anilines is 2. The molecule has 0 radical (unpaired) electrons. The highest BCUT2D eigenvalue weighted by Crippen LogP contribution is 2.51. The van der Waals surface area contributed by atoms with Crippen molar-refractivity contribution in [3.8, 4) is 68.2 Å². The van der Waals surface area contributed by atoms with E-state index in [1.807, 2.05) is 96.0 Å². The van der Waals surface area contributed by atoms with Crippen LogP contribution in [-0.2, 0) is 23.7 Å². The predicted molar refractivity (Wildman–Crippen MR) is 256 cm³/mol. The number of nitrogen functional groups attached to an aromatic ring is 2. The average Bonchev–Trinajstić information content (AvgIpc) is 3.81. The van der Waals surface area contributed by atoms with E-state index >= 15 is 0 Å². The molecule has 72 heavy (non-hydrogen) atoms. The van der Waals surface area contributed by atoms with Crippen molar-refractivity contribution in [3.63, 3.8) is 0 Å². The number of rotatable bonds is 10. The number of nitrogens with two attached hydrogens (primary N) is 2. The molecule has 24 heteroatoms. The number of fused-ring (bicyclic) bond motifs is 4. The summed E-state index contributed by atoms with van der Waals surface area (Å²) < 4.78 is 112. The Morgan fingerprint density at radius 2 is 0.778 bits per heavy atom. The van der Waals surface area contributed by atoms with Gasteiger partial charge in [0.2, 0.25) is 23.4 Å². The molecule has 0 saturated heterocycles. The number of halogens is 6. The number of nitrogens with zero attached hydrogens (tertiary/aromatic N) is 4. The Hall–Kier alpha value is -8.70. The topological polar surface area (TPSA) is 236 Å². The van der Waals surface area contributed by atoms with Gasteiger partial charge in [-0.25, -0.2) is 19.6 Å². The predicted octanol–water partition coefficient (Wildman–Crippen LogP) is 9.29. The molecule has 6 N–H and O–H groups in total. The molecule has 0 aliphatic rings. The number of imidazole rings is 2. The lowest BCUT2D eigenvalue weighted by molar-refractivity contribution is -0.193. The maximum Gasteiger partial charge on any atom is 0.490 e. The van der Waals surface area contributed by atoms with Gasteiger partial charge in [-0.2, -0.15) is 26.3 Å². The first-order valence-corrected chi connectivity index (χ1v) is 20.6. The lowest BCUT2D eigenvalue weighted by Crippen LogP contribution is -2.21. The van der Waals surface area contributed by atoms with Crippen LogP contribution in [0.15, 0.2) is 72.8 Å². The molecule has 0 bridgehead atoms. The summed E-state index contributed by atoms with van der Waals surface area (Å²) in [7, 11) is 16.7. The molecular formula is C48H48F6N6O12. The van der Waals surface area contributed by atoms with Crippen molar-refractivity contribution >= 4 is 67.4 Å². The second-order valence-electron chi connectivity index (χ2n) is 14.8. The van der Waals surface area contributed by atoms with E-state index in [-0.39, 0.29) is 0 Å². The Kier molecular flexibility index (Phi) is 16.5. The van der Waals surface area contributed by atoms with E-state index in [1.54, 1.807) is 56.9 Å². The van der Waals surface area contributed by atoms with Gasteiger partial charge in [-0.3, -0.25) is 0 Å². The number of ether oxygens (including phenoxy) is 8. The quantitative estimate of drug-likeness (QED) is 0.0934. The molecule has 384 valence electrons. The first kappa shape index (κ1) is 54.2. The minimum Gasteiger partial charge on any atom is -0.497 e. The van der Waals surface area contributed by atoms with Gasteiger partial charge >= 0.3 is 24.3 Å². The van der Waals surface area contributed by atoms with Crippen LogP contribution in [0.4, 0.5) is 38.2 Å². The molecule has 18 nitrogen and oxygen atoms in total. The third-order valence-electron chi connectivity index (χ3n) is 10.9. The molecule has 2 heterocycles. The summed E-state index contributed by atoms with van der Waals surface area (Å²) in [6.07, 6.45) is -10.2. The fraction of sp³-hybridized carbons (Fsp3) is 0.250. The fourth-order valence-electron chi connectivity index (χ4n) is 7.46. The molecule has 0 atom stereocenters. The number of benzene rings is 6. The van der Waals surface area contributed by atoms with Crippen molar-refractivity contribution in [2.24, 2.45) is 14.1 Å². The zero-order valence-electron chi connectivity index (χ0n) is 40.1. The summed E-state index contributed by atoms with van der Waals surface area (Å²) >= 11 is 0. The second kappa shape index (κ2) is 21.9. The monoisotopic (exact) mass is 1010 g/mol. The summed E-state index contributed by atoms with van der Waals surface area (Å²) in [5.41, 5.74) is 19.4. The summed E-state index contributed by atoms with van der Waals surface area (Å²) in [5.74, 6) is 0.303. The van der Waals surface area contributed by atoms with Gasteiger partial charge in [0.1, 0.15) is 11.5 Å². The zero-order chi connectivity index (χ0) is 53.6. The number of hydrogen-bond acceptors (Lipinski definition) is 14. The van der Waals surface area contributed by atoms with Crippen molar-refractivity contribution in [2.45, 2.75) is 12.4 Å². The largest absolute Gasteiger partial charge is 0.497 e. The summed E-state index contributed by atoms with van der Waals surface area (Å²) in [5, 5.41) is 17.9. The van der Waals surface area contributed by atoms with Gasteiger partial charge in [0.05, 0.1) is 78.9 Å². The Morgan fingerprint density at radius 3 is 1.01 bits per heavy atom. The van der Waals surface area contributed by atoms with Crippen LogP contribution in [0.5, 0.6) is 46.0 Å². The van der Waals surface area contributed by atoms with E-state index in [2.05, 4.69) is 9.97 Å². The number of aryl methyl sites for hydroxylation is 2. The van der Waals surface area contributed by atoms with E-state index < -0.39 is 24.3 Å². The van der Waals surface area contributed by atoms with Crippen LogP contribution < -0.4 is 49.4 Å². The van der Waals surface area contributed by atoms with E-state index in [0.29, 0.717) is 46.4 Å². The highest BCUT2D eigenvalue weighted by atomic mass is 19.4. The van der Waals surface area contributed by atoms with Gasteiger partial charge in [0, 0.05) is 36.0 Å². The summed E-state index contributed by atoms with van der Waals surface area (Å²) in [6.45, 7) is 0. The molecule has 6 aromatic carbocycles. The third kappa shape index (κ3) is 10.9. The molecule has 0 spiro atoms. The average molecular weight is 1010 g/mol. The smallest absolute Gasteiger partial charge is 0.490 e. The fourth-order valence-corrected chi connectivity index (χ4v) is 7.46. The number of carboxylic acid groups (broad SMARTS) is 2. The minimum absolute atomic E-state index is 0.433. The molecule has 0 saturated carbocycles. The maximum atomic E-state index is 10.6. The molecule has 2 aromatic heterocycles. The Bertz CT molecular complexity index is 3050. The Morgan fingerprint density at radius 1 is 0.486 bits per heavy atom. The van der Waals surface area contributed by atoms with Gasteiger partial charge in [-0.05, 0) is 70.4 Å². The highest BCUT2D eigenvalue weighted by Gasteiger charge is 2.39. The van der Waals surface area contributed by atoms with Gasteiger partial charge in [0.25, 0.3) is 0 Å². The van der Waals surface area contributed by atoms with Crippen molar-refractivity contribution in [1.29, 1.82) is 0 Å². The van der Waals surface area contributed by atoms with E-state index in [0.717, 1.165) is 77.4 Å². The zero-order valence-corrected chi connectivity index (χ0v) is 40.1. The first-order valence-electron chi connectivity index (χ1n) is 20.6. The van der Waals surface area contributed by atoms with Crippen LogP contribution in [0.25, 0.3) is 65.9 Å². The lowest BCUT2D eigenvalue weighted by atomic mass is 9.95. The maximum absolute atomic E-state index is 10.6. The van der Waals surface area contributed by atoms with Gasteiger partial charge in [-0.15, -0.1) is 0 Å². The Labute approximate surface area is 405 Å². The highest BCUT2D eigenvalue weighted by molar-refractivity contribution is 6.16. The van der Waals surface area contributed by atoms with Crippen LogP contribution in [0.1, 0.15) is 0 Å². The molecule has 8 aromatic rings. The molecule has 0 aliphatic heterocycles. The van der Waals surface area contributed by atoms with Crippen LogP contribution >= 0.6 is 0 Å². The number of carbonyl (C=O) groups is 2. The molecule has 0 aliphatic carbocycles. The number of aromatic nitrogens is 4. The van der Waals surface area contributed by atoms with Crippen molar-refractivity contribution in [3.05, 3.63) is 72.8 Å². The molecule has 8 rings (SSSR count). The van der Waals surface area contributed by atoms with E-state index in [1.165, 1.54) is 0 Å². The standard InChI is InChI=1S/2C22H23N3O4.2C2HF3O2/c2*1-25-15-10-13-11-16(27-3)20(28-4)21(29-5)18(13)17(19(15)24-22(25)23)12-6-8-14(26-2)9-7-12;2*3-2(4,5)1(6)7/h2*6-11H,1-5H3,(H2,23,24);2*(H,6,7). The Balaban J connectivity index is 0.000000212. The first-order chi connectivity index (χ1) is 34.0. The van der Waals surface area contributed by atoms with E-state index in [4.69, 9.17) is 69.2 Å². The normalized spacial score (nSPS) is 11.1. The molecular weight excluding hydrogens is 967 g/mol. The van der Waals surface area contributed by atoms with Crippen LogP contribution in [0.3, 0.4) is 0 Å². The summed E-state index contributed by atoms with van der Waals surface area (Å²) in [6, 6.07) is 23.6. The number of carboxylic acids is 2. The molecule has 0 unspecified atom stereocenters. The molecule has 0 fully saturated rings. The van der Waals surface area contributed by atoms with Gasteiger partial charge in [-0.1, -0.05) is 24.3 Å². The van der Waals surface area contributed by atoms with Crippen LogP contribution in [0, 0.1) is 0 Å². The number of aliphatic carboxylic acids is 2. The number of hydrogen-bond donors (Lipinski definition) is 4. The van der Waals surface area contributed by atoms with Crippen LogP contribution in [-0.4, -0.2) is 110 Å². The van der Waals surface area contributed by atoms with E-state index in [9.17, 15) is 26.3 Å². The van der Waals surface area contributed by atoms with Crippen molar-refractivity contribution < 1.29 is 84.0 Å². The van der Waals surface area contributed by atoms with Crippen molar-refractivity contribution in [1.82, 2.24) is 19.1 Å². The van der Waals surface area contributed by atoms with Gasteiger partial charge in [0.15, 0.2) is 23.0 Å². The van der Waals surface area contributed by atoms with Gasteiger partial charge < -0.3 is 68.7 Å². The minimum atomic E-state index is -5.08. The van der Waals surface area contributed by atoms with Crippen molar-refractivity contribution in [2.75, 3.05) is 68.3 Å². The molecule has 0 amide bonds. The third-order valence-corrected chi connectivity index (χ3v) is 10.9. The van der Waals surface area contributed by atoms with Crippen LogP contribution in [0.2, 0.25) is 0 Å². The SMILES string of the molecule is COc1ccc(-c2c3nc(N)n(C)c3cc3cc(OC)c(OC)c(OC)c23)cc1.COc1ccc(-c2c3nc(N)n(C)c3cc3cc(OC)c(OC)c(OC)c23)cc1.O=C(O)C(F)(F)F.O=C(O)C(F)(F)F. The summed E-state index contributed by atoms with van der Waals surface area (Å²) in [4.78, 5) is 27.1. The number of alkyl halides is 6. The lowest BCUT2D eigenvalue weighted by Gasteiger charge is -2.18. The second-order valence-corrected chi connectivity index (χ2v) is 14.8. The number of methoxy groups -OCH3 is 8.